The summed E-state index contributed by atoms with van der Waals surface area (Å²) in [6, 6.07) is 0. The van der Waals surface area contributed by atoms with Gasteiger partial charge in [0.15, 0.2) is 17.4 Å². The number of amides is 1. The number of nitrogens with one attached hydrogen (secondary N) is 2. The van der Waals surface area contributed by atoms with E-state index in [4.69, 9.17) is 23.7 Å². The molecule has 5 atom stereocenters. The fourth-order valence-electron chi connectivity index (χ4n) is 3.33. The average molecular weight is 409 g/mol. The second kappa shape index (κ2) is 7.18. The Morgan fingerprint density at radius 3 is 2.83 bits per heavy atom. The standard InChI is InChI=1S/C16H19N5O8/c1-16(25-3)28-9-7(4-26-15(24)13(23)17-2)27-14(10(9)29-16)21-6-20-8-11(21)18-5-19-12(8)22/h5-7,9-10,14H,4H2,1-3H3,(H,17,23)(H,18,19,22)/t7-,9+,10?,14-,16?/m1/s1. The number of esters is 1. The average Bonchev–Trinajstić information content (AvgIpc) is 3.38. The maximum absolute atomic E-state index is 11.9. The first-order chi connectivity index (χ1) is 13.9. The van der Waals surface area contributed by atoms with Gasteiger partial charge in [-0.3, -0.25) is 14.2 Å². The minimum atomic E-state index is -1.35. The maximum atomic E-state index is 11.9. The molecule has 0 aromatic carbocycles. The lowest BCUT2D eigenvalue weighted by Crippen LogP contribution is -2.37. The van der Waals surface area contributed by atoms with Crippen LogP contribution in [0.4, 0.5) is 0 Å². The van der Waals surface area contributed by atoms with Crippen LogP contribution in [-0.4, -0.2) is 76.4 Å². The van der Waals surface area contributed by atoms with E-state index in [9.17, 15) is 14.4 Å². The lowest BCUT2D eigenvalue weighted by Gasteiger charge is -2.26. The first kappa shape index (κ1) is 19.4. The Morgan fingerprint density at radius 2 is 2.10 bits per heavy atom. The van der Waals surface area contributed by atoms with Crippen LogP contribution >= 0.6 is 0 Å². The smallest absolute Gasteiger partial charge is 0.396 e. The summed E-state index contributed by atoms with van der Waals surface area (Å²) in [6.07, 6.45) is -0.262. The van der Waals surface area contributed by atoms with Gasteiger partial charge >= 0.3 is 11.9 Å². The first-order valence-corrected chi connectivity index (χ1v) is 8.72. The molecule has 0 bridgehead atoms. The summed E-state index contributed by atoms with van der Waals surface area (Å²) in [5.74, 6) is -3.28. The quantitative estimate of drug-likeness (QED) is 0.446. The van der Waals surface area contributed by atoms with Crippen molar-refractivity contribution < 1.29 is 33.3 Å². The van der Waals surface area contributed by atoms with Gasteiger partial charge in [-0.1, -0.05) is 0 Å². The van der Waals surface area contributed by atoms with Gasteiger partial charge in [0.2, 0.25) is 0 Å². The van der Waals surface area contributed by atoms with Crippen molar-refractivity contribution in [3.63, 3.8) is 0 Å². The molecule has 1 amide bonds. The van der Waals surface area contributed by atoms with E-state index in [0.29, 0.717) is 0 Å². The Balaban J connectivity index is 1.62. The number of likely N-dealkylation sites (N-methyl/N-ethyl adjacent to an activating group) is 1. The number of aromatic nitrogens is 4. The van der Waals surface area contributed by atoms with E-state index in [1.807, 2.05) is 0 Å². The lowest BCUT2D eigenvalue weighted by molar-refractivity contribution is -0.336. The van der Waals surface area contributed by atoms with Crippen LogP contribution in [-0.2, 0) is 33.3 Å². The van der Waals surface area contributed by atoms with Crippen LogP contribution in [0.5, 0.6) is 0 Å². The topological polar surface area (TPSA) is 156 Å². The Hall–Kier alpha value is -2.87. The van der Waals surface area contributed by atoms with Crippen LogP contribution in [0.15, 0.2) is 17.4 Å². The summed E-state index contributed by atoms with van der Waals surface area (Å²) in [6.45, 7) is 1.33. The molecule has 2 aliphatic heterocycles. The Morgan fingerprint density at radius 1 is 1.34 bits per heavy atom. The van der Waals surface area contributed by atoms with Gasteiger partial charge < -0.3 is 34.0 Å². The highest BCUT2D eigenvalue weighted by Gasteiger charge is 2.58. The number of hydrogen-bond donors (Lipinski definition) is 2. The minimum absolute atomic E-state index is 0.135. The molecule has 2 fully saturated rings. The second-order valence-electron chi connectivity index (χ2n) is 6.53. The van der Waals surface area contributed by atoms with Crippen molar-refractivity contribution in [2.75, 3.05) is 20.8 Å². The number of carbonyl (C=O) groups is 2. The zero-order chi connectivity index (χ0) is 20.8. The Bertz CT molecular complexity index is 1000. The first-order valence-electron chi connectivity index (χ1n) is 8.72. The summed E-state index contributed by atoms with van der Waals surface area (Å²) < 4.78 is 29.5. The molecule has 29 heavy (non-hydrogen) atoms. The van der Waals surface area contributed by atoms with Crippen LogP contribution in [0, 0.1) is 0 Å². The van der Waals surface area contributed by atoms with Gasteiger partial charge in [-0.25, -0.2) is 14.8 Å². The van der Waals surface area contributed by atoms with Crippen LogP contribution in [0.3, 0.4) is 0 Å². The zero-order valence-corrected chi connectivity index (χ0v) is 15.8. The number of methoxy groups -OCH3 is 1. The second-order valence-corrected chi connectivity index (χ2v) is 6.53. The van der Waals surface area contributed by atoms with Crippen molar-refractivity contribution in [3.05, 3.63) is 23.0 Å². The highest BCUT2D eigenvalue weighted by molar-refractivity contribution is 6.32. The zero-order valence-electron chi connectivity index (χ0n) is 15.8. The molecule has 2 unspecified atom stereocenters. The molecule has 2 N–H and O–H groups in total. The van der Waals surface area contributed by atoms with Crippen LogP contribution in [0.25, 0.3) is 11.2 Å². The van der Waals surface area contributed by atoms with E-state index in [2.05, 4.69) is 20.3 Å². The third-order valence-electron chi connectivity index (χ3n) is 4.79. The van der Waals surface area contributed by atoms with Crippen molar-refractivity contribution in [3.8, 4) is 0 Å². The van der Waals surface area contributed by atoms with E-state index < -0.39 is 47.9 Å². The molecule has 0 saturated carbocycles. The predicted molar refractivity (Wildman–Crippen MR) is 92.2 cm³/mol. The third kappa shape index (κ3) is 3.27. The third-order valence-corrected chi connectivity index (χ3v) is 4.79. The van der Waals surface area contributed by atoms with Crippen molar-refractivity contribution in [2.24, 2.45) is 0 Å². The van der Waals surface area contributed by atoms with E-state index in [-0.39, 0.29) is 17.8 Å². The van der Waals surface area contributed by atoms with Gasteiger partial charge in [0.1, 0.15) is 24.9 Å². The van der Waals surface area contributed by atoms with E-state index in [0.717, 1.165) is 0 Å². The predicted octanol–water partition coefficient (Wildman–Crippen LogP) is -1.59. The van der Waals surface area contributed by atoms with Crippen molar-refractivity contribution in [2.45, 2.75) is 37.4 Å². The monoisotopic (exact) mass is 409 g/mol. The van der Waals surface area contributed by atoms with Crippen LogP contribution in [0.2, 0.25) is 0 Å². The van der Waals surface area contributed by atoms with Crippen LogP contribution < -0.4 is 10.9 Å². The molecule has 2 aliphatic rings. The number of aromatic amines is 1. The Labute approximate surface area is 163 Å². The maximum Gasteiger partial charge on any atom is 0.396 e. The highest BCUT2D eigenvalue weighted by atomic mass is 16.9. The molecular weight excluding hydrogens is 390 g/mol. The summed E-state index contributed by atoms with van der Waals surface area (Å²) in [5.41, 5.74) is 0.0235. The Kier molecular flexibility index (Phi) is 4.82. The van der Waals surface area contributed by atoms with Gasteiger partial charge in [-0.05, 0) is 0 Å². The molecule has 2 saturated heterocycles. The SMILES string of the molecule is CNC(=O)C(=O)OC[C@H]1O[C@@H](n2cnc3c(=O)[nH]cnc32)C2OC(C)(OC)O[C@H]21. The van der Waals surface area contributed by atoms with Crippen molar-refractivity contribution in [1.82, 2.24) is 24.8 Å². The molecular formula is C16H19N5O8. The lowest BCUT2D eigenvalue weighted by atomic mass is 10.1. The number of fused-ring (bicyclic) bond motifs is 2. The van der Waals surface area contributed by atoms with E-state index in [1.54, 1.807) is 6.92 Å². The number of H-pyrrole nitrogens is 1. The normalized spacial score (nSPS) is 31.0. The summed E-state index contributed by atoms with van der Waals surface area (Å²) in [5, 5.41) is 2.18. The summed E-state index contributed by atoms with van der Waals surface area (Å²) >= 11 is 0. The molecule has 0 radical (unpaired) electrons. The van der Waals surface area contributed by atoms with Gasteiger partial charge in [-0.15, -0.1) is 0 Å². The number of imidazole rings is 1. The van der Waals surface area contributed by atoms with Gasteiger partial charge in [0, 0.05) is 21.1 Å². The molecule has 0 spiro atoms. The fourth-order valence-corrected chi connectivity index (χ4v) is 3.33. The van der Waals surface area contributed by atoms with Gasteiger partial charge in [-0.2, -0.15) is 0 Å². The molecule has 13 heteroatoms. The molecule has 2 aromatic rings. The highest BCUT2D eigenvalue weighted by Crippen LogP contribution is 2.44. The molecule has 2 aromatic heterocycles. The molecule has 4 rings (SSSR count). The number of carbonyl (C=O) groups excluding carboxylic acids is 2. The molecule has 0 aliphatic carbocycles. The number of hydrogen-bond acceptors (Lipinski definition) is 10. The summed E-state index contributed by atoms with van der Waals surface area (Å²) in [7, 11) is 2.74. The minimum Gasteiger partial charge on any atom is -0.456 e. The van der Waals surface area contributed by atoms with Crippen LogP contribution in [0.1, 0.15) is 13.2 Å². The van der Waals surface area contributed by atoms with Gasteiger partial charge in [0.05, 0.1) is 12.7 Å². The fraction of sp³-hybridized carbons (Fsp3) is 0.562. The largest absolute Gasteiger partial charge is 0.456 e. The van der Waals surface area contributed by atoms with E-state index >= 15 is 0 Å². The number of rotatable bonds is 4. The number of ether oxygens (including phenoxy) is 5. The summed E-state index contributed by atoms with van der Waals surface area (Å²) in [4.78, 5) is 45.7. The molecule has 4 heterocycles. The molecule has 156 valence electrons. The van der Waals surface area contributed by atoms with Crippen molar-refractivity contribution in [1.29, 1.82) is 0 Å². The van der Waals surface area contributed by atoms with E-state index in [1.165, 1.54) is 31.4 Å². The van der Waals surface area contributed by atoms with Crippen molar-refractivity contribution >= 4 is 23.0 Å². The molecule has 13 nitrogen and oxygen atoms in total. The van der Waals surface area contributed by atoms with Gasteiger partial charge in [0.25, 0.3) is 11.5 Å². The number of nitrogens with zero attached hydrogens (tertiary/aromatic N) is 3.